The second-order valence-electron chi connectivity index (χ2n) is 5.63. The average Bonchev–Trinajstić information content (AvgIpc) is 2.44. The van der Waals surface area contributed by atoms with Gasteiger partial charge in [-0.2, -0.15) is 0 Å². The molecule has 0 aliphatic rings. The summed E-state index contributed by atoms with van der Waals surface area (Å²) >= 11 is 6.20. The Morgan fingerprint density at radius 3 is 2.17 bits per heavy atom. The van der Waals surface area contributed by atoms with Gasteiger partial charge in [-0.3, -0.25) is 4.72 Å². The highest BCUT2D eigenvalue weighted by molar-refractivity contribution is 7.92. The van der Waals surface area contributed by atoms with Gasteiger partial charge in [-0.1, -0.05) is 17.7 Å². The van der Waals surface area contributed by atoms with Gasteiger partial charge in [0, 0.05) is 0 Å². The van der Waals surface area contributed by atoms with Gasteiger partial charge in [0.2, 0.25) is 0 Å². The van der Waals surface area contributed by atoms with Crippen LogP contribution in [0.4, 0.5) is 5.69 Å². The molecular weight excluding hydrogens is 334 g/mol. The van der Waals surface area contributed by atoms with E-state index in [1.54, 1.807) is 39.2 Å². The Bertz CT molecular complexity index is 837. The average molecular weight is 354 g/mol. The molecule has 0 radical (unpaired) electrons. The van der Waals surface area contributed by atoms with Crippen LogP contribution in [0.2, 0.25) is 5.02 Å². The van der Waals surface area contributed by atoms with Crippen LogP contribution in [0.1, 0.15) is 22.3 Å². The molecule has 23 heavy (non-hydrogen) atoms. The molecule has 0 saturated heterocycles. The van der Waals surface area contributed by atoms with Crippen LogP contribution in [-0.2, 0) is 10.0 Å². The topological polar surface area (TPSA) is 55.4 Å². The molecule has 0 aliphatic heterocycles. The first-order valence-corrected chi connectivity index (χ1v) is 8.96. The minimum Gasteiger partial charge on any atom is -0.496 e. The largest absolute Gasteiger partial charge is 0.496 e. The van der Waals surface area contributed by atoms with Crippen molar-refractivity contribution in [3.8, 4) is 5.75 Å². The number of hydrogen-bond acceptors (Lipinski definition) is 3. The van der Waals surface area contributed by atoms with Gasteiger partial charge in [0.1, 0.15) is 5.75 Å². The fourth-order valence-corrected chi connectivity index (χ4v) is 4.40. The van der Waals surface area contributed by atoms with Crippen LogP contribution < -0.4 is 9.46 Å². The molecule has 1 N–H and O–H groups in total. The summed E-state index contributed by atoms with van der Waals surface area (Å²) < 4.78 is 33.3. The smallest absolute Gasteiger partial charge is 0.262 e. The molecule has 4 nitrogen and oxygen atoms in total. The maximum Gasteiger partial charge on any atom is 0.262 e. The quantitative estimate of drug-likeness (QED) is 0.887. The first-order chi connectivity index (χ1) is 10.7. The van der Waals surface area contributed by atoms with E-state index in [2.05, 4.69) is 4.72 Å². The third-order valence-corrected chi connectivity index (χ3v) is 5.44. The second kappa shape index (κ2) is 6.42. The lowest BCUT2D eigenvalue weighted by atomic mass is 10.1. The standard InChI is InChI=1S/C17H20ClNO3S/c1-10-6-13(4)17(14(18)7-10)19-23(20,21)16-9-11(2)15(22-5)8-12(16)3/h6-9,19H,1-5H3. The normalized spacial score (nSPS) is 11.4. The zero-order chi connectivity index (χ0) is 17.4. The van der Waals surface area contributed by atoms with E-state index in [-0.39, 0.29) is 4.90 Å². The fourth-order valence-electron chi connectivity index (χ4n) is 2.51. The summed E-state index contributed by atoms with van der Waals surface area (Å²) in [6, 6.07) is 6.94. The van der Waals surface area contributed by atoms with E-state index in [0.29, 0.717) is 22.0 Å². The molecule has 0 aliphatic carbocycles. The molecule has 2 rings (SSSR count). The molecular formula is C17H20ClNO3S. The Morgan fingerprint density at radius 1 is 0.957 bits per heavy atom. The van der Waals surface area contributed by atoms with Crippen molar-refractivity contribution in [1.82, 2.24) is 0 Å². The summed E-state index contributed by atoms with van der Waals surface area (Å²) in [6.45, 7) is 7.28. The van der Waals surface area contributed by atoms with E-state index in [4.69, 9.17) is 16.3 Å². The van der Waals surface area contributed by atoms with Crippen LogP contribution in [-0.4, -0.2) is 15.5 Å². The number of sulfonamides is 1. The second-order valence-corrected chi connectivity index (χ2v) is 7.69. The Morgan fingerprint density at radius 2 is 1.61 bits per heavy atom. The van der Waals surface area contributed by atoms with E-state index in [0.717, 1.165) is 16.7 Å². The minimum absolute atomic E-state index is 0.215. The van der Waals surface area contributed by atoms with Crippen molar-refractivity contribution in [2.45, 2.75) is 32.6 Å². The maximum absolute atomic E-state index is 12.8. The lowest BCUT2D eigenvalue weighted by molar-refractivity contribution is 0.411. The van der Waals surface area contributed by atoms with Crippen LogP contribution in [0.15, 0.2) is 29.2 Å². The number of rotatable bonds is 4. The number of anilines is 1. The van der Waals surface area contributed by atoms with Crippen molar-refractivity contribution in [3.63, 3.8) is 0 Å². The molecule has 0 spiro atoms. The summed E-state index contributed by atoms with van der Waals surface area (Å²) in [5.41, 5.74) is 3.53. The molecule has 6 heteroatoms. The first kappa shape index (κ1) is 17.6. The predicted octanol–water partition coefficient (Wildman–Crippen LogP) is 4.38. The van der Waals surface area contributed by atoms with Crippen molar-refractivity contribution in [3.05, 3.63) is 51.5 Å². The number of methoxy groups -OCH3 is 1. The van der Waals surface area contributed by atoms with Crippen LogP contribution in [0, 0.1) is 27.7 Å². The first-order valence-electron chi connectivity index (χ1n) is 7.10. The van der Waals surface area contributed by atoms with E-state index in [1.807, 2.05) is 19.9 Å². The Hall–Kier alpha value is -1.72. The number of halogens is 1. The lowest BCUT2D eigenvalue weighted by Gasteiger charge is -2.16. The van der Waals surface area contributed by atoms with Gasteiger partial charge >= 0.3 is 0 Å². The Kier molecular flexibility index (Phi) is 4.92. The Labute approximate surface area is 142 Å². The van der Waals surface area contributed by atoms with E-state index in [1.165, 1.54) is 0 Å². The molecule has 0 saturated carbocycles. The summed E-state index contributed by atoms with van der Waals surface area (Å²) in [7, 11) is -2.18. The number of benzene rings is 2. The molecule has 2 aromatic carbocycles. The monoisotopic (exact) mass is 353 g/mol. The number of aryl methyl sites for hydroxylation is 4. The summed E-state index contributed by atoms with van der Waals surface area (Å²) in [4.78, 5) is 0.215. The molecule has 0 unspecified atom stereocenters. The zero-order valence-electron chi connectivity index (χ0n) is 13.8. The van der Waals surface area contributed by atoms with Gasteiger partial charge in [0.15, 0.2) is 0 Å². The van der Waals surface area contributed by atoms with Gasteiger partial charge in [0.25, 0.3) is 10.0 Å². The highest BCUT2D eigenvalue weighted by Gasteiger charge is 2.21. The van der Waals surface area contributed by atoms with Crippen LogP contribution in [0.3, 0.4) is 0 Å². The van der Waals surface area contributed by atoms with Gasteiger partial charge in [-0.25, -0.2) is 8.42 Å². The maximum atomic E-state index is 12.8. The number of nitrogens with one attached hydrogen (secondary N) is 1. The van der Waals surface area contributed by atoms with Crippen molar-refractivity contribution in [2.24, 2.45) is 0 Å². The van der Waals surface area contributed by atoms with E-state index < -0.39 is 10.0 Å². The van der Waals surface area contributed by atoms with Gasteiger partial charge < -0.3 is 4.74 Å². The molecule has 2 aromatic rings. The molecule has 0 aromatic heterocycles. The van der Waals surface area contributed by atoms with E-state index in [9.17, 15) is 8.42 Å². The summed E-state index contributed by atoms with van der Waals surface area (Å²) in [5, 5.41) is 0.383. The van der Waals surface area contributed by atoms with Crippen molar-refractivity contribution >= 4 is 27.3 Å². The molecule has 0 heterocycles. The highest BCUT2D eigenvalue weighted by atomic mass is 35.5. The molecule has 0 atom stereocenters. The third kappa shape index (κ3) is 3.62. The zero-order valence-corrected chi connectivity index (χ0v) is 15.4. The third-order valence-electron chi connectivity index (χ3n) is 3.65. The van der Waals surface area contributed by atoms with Gasteiger partial charge in [0.05, 0.1) is 22.7 Å². The Balaban J connectivity index is 2.51. The van der Waals surface area contributed by atoms with Crippen molar-refractivity contribution in [1.29, 1.82) is 0 Å². The fraction of sp³-hybridized carbons (Fsp3) is 0.294. The SMILES string of the molecule is COc1cc(C)c(S(=O)(=O)Nc2c(C)cc(C)cc2Cl)cc1C. The molecule has 124 valence electrons. The summed E-state index contributed by atoms with van der Waals surface area (Å²) in [6.07, 6.45) is 0. The van der Waals surface area contributed by atoms with Crippen LogP contribution in [0.5, 0.6) is 5.75 Å². The number of ether oxygens (including phenoxy) is 1. The van der Waals surface area contributed by atoms with Crippen molar-refractivity contribution in [2.75, 3.05) is 11.8 Å². The predicted molar refractivity (Wildman–Crippen MR) is 94.2 cm³/mol. The van der Waals surface area contributed by atoms with E-state index >= 15 is 0 Å². The molecule has 0 fully saturated rings. The highest BCUT2D eigenvalue weighted by Crippen LogP contribution is 2.31. The van der Waals surface area contributed by atoms with Crippen LogP contribution >= 0.6 is 11.6 Å². The number of hydrogen-bond donors (Lipinski definition) is 1. The van der Waals surface area contributed by atoms with Crippen LogP contribution in [0.25, 0.3) is 0 Å². The minimum atomic E-state index is -3.74. The van der Waals surface area contributed by atoms with Crippen molar-refractivity contribution < 1.29 is 13.2 Å². The van der Waals surface area contributed by atoms with Gasteiger partial charge in [-0.15, -0.1) is 0 Å². The van der Waals surface area contributed by atoms with Gasteiger partial charge in [-0.05, 0) is 68.1 Å². The summed E-state index contributed by atoms with van der Waals surface area (Å²) in [5.74, 6) is 0.658. The molecule has 0 bridgehead atoms. The lowest BCUT2D eigenvalue weighted by Crippen LogP contribution is -2.16. The molecule has 0 amide bonds.